The second kappa shape index (κ2) is 6.28. The third-order valence-corrected chi connectivity index (χ3v) is 4.25. The SMILES string of the molecule is COc1ccc(CNC(=O)c2cccc3c2OC(C)C3C)cn1. The molecule has 0 saturated carbocycles. The van der Waals surface area contributed by atoms with Gasteiger partial charge in [-0.15, -0.1) is 0 Å². The van der Waals surface area contributed by atoms with E-state index in [1.165, 1.54) is 0 Å². The van der Waals surface area contributed by atoms with Crippen molar-refractivity contribution in [3.63, 3.8) is 0 Å². The minimum absolute atomic E-state index is 0.0877. The maximum absolute atomic E-state index is 12.5. The predicted octanol–water partition coefficient (Wildman–Crippen LogP) is 2.90. The summed E-state index contributed by atoms with van der Waals surface area (Å²) in [4.78, 5) is 16.6. The predicted molar refractivity (Wildman–Crippen MR) is 86.9 cm³/mol. The quantitative estimate of drug-likeness (QED) is 0.943. The van der Waals surface area contributed by atoms with Gasteiger partial charge in [0.2, 0.25) is 5.88 Å². The zero-order valence-electron chi connectivity index (χ0n) is 13.5. The summed E-state index contributed by atoms with van der Waals surface area (Å²) in [5, 5.41) is 2.91. The summed E-state index contributed by atoms with van der Waals surface area (Å²) in [6.45, 7) is 4.54. The molecule has 0 spiro atoms. The van der Waals surface area contributed by atoms with E-state index in [2.05, 4.69) is 17.2 Å². The van der Waals surface area contributed by atoms with Gasteiger partial charge in [0, 0.05) is 30.3 Å². The molecule has 1 amide bonds. The zero-order valence-corrected chi connectivity index (χ0v) is 13.5. The van der Waals surface area contributed by atoms with Crippen molar-refractivity contribution in [2.45, 2.75) is 32.4 Å². The van der Waals surface area contributed by atoms with Gasteiger partial charge in [-0.2, -0.15) is 0 Å². The fraction of sp³-hybridized carbons (Fsp3) is 0.333. The molecule has 5 heteroatoms. The van der Waals surface area contributed by atoms with Crippen LogP contribution in [0.4, 0.5) is 0 Å². The lowest BCUT2D eigenvalue weighted by Gasteiger charge is -2.10. The third-order valence-electron chi connectivity index (χ3n) is 4.25. The highest BCUT2D eigenvalue weighted by atomic mass is 16.5. The Morgan fingerprint density at radius 3 is 2.83 bits per heavy atom. The van der Waals surface area contributed by atoms with Gasteiger partial charge in [-0.3, -0.25) is 4.79 Å². The summed E-state index contributed by atoms with van der Waals surface area (Å²) in [5.74, 6) is 1.41. The van der Waals surface area contributed by atoms with Crippen LogP contribution in [0, 0.1) is 0 Å². The van der Waals surface area contributed by atoms with Crippen LogP contribution in [0.5, 0.6) is 11.6 Å². The first-order chi connectivity index (χ1) is 11.1. The number of nitrogens with one attached hydrogen (secondary N) is 1. The number of ether oxygens (including phenoxy) is 2. The zero-order chi connectivity index (χ0) is 16.4. The average Bonchev–Trinajstić information content (AvgIpc) is 2.88. The number of rotatable bonds is 4. The van der Waals surface area contributed by atoms with Crippen LogP contribution in [0.3, 0.4) is 0 Å². The van der Waals surface area contributed by atoms with E-state index in [4.69, 9.17) is 9.47 Å². The summed E-state index contributed by atoms with van der Waals surface area (Å²) in [6.07, 6.45) is 1.78. The van der Waals surface area contributed by atoms with Crippen molar-refractivity contribution < 1.29 is 14.3 Å². The maximum atomic E-state index is 12.5. The van der Waals surface area contributed by atoms with Crippen molar-refractivity contribution in [1.82, 2.24) is 10.3 Å². The van der Waals surface area contributed by atoms with Gasteiger partial charge >= 0.3 is 0 Å². The smallest absolute Gasteiger partial charge is 0.255 e. The molecule has 0 bridgehead atoms. The van der Waals surface area contributed by atoms with Gasteiger partial charge in [0.1, 0.15) is 11.9 Å². The molecule has 2 aromatic rings. The van der Waals surface area contributed by atoms with Gasteiger partial charge in [0.25, 0.3) is 5.91 Å². The molecule has 0 aliphatic carbocycles. The molecular weight excluding hydrogens is 292 g/mol. The van der Waals surface area contributed by atoms with Crippen LogP contribution in [-0.4, -0.2) is 24.1 Å². The second-order valence-electron chi connectivity index (χ2n) is 5.73. The molecule has 0 radical (unpaired) electrons. The van der Waals surface area contributed by atoms with Crippen LogP contribution in [0.1, 0.15) is 41.3 Å². The number of nitrogens with zero attached hydrogens (tertiary/aromatic N) is 1. The van der Waals surface area contributed by atoms with Gasteiger partial charge in [-0.25, -0.2) is 4.98 Å². The Hall–Kier alpha value is -2.56. The molecule has 23 heavy (non-hydrogen) atoms. The average molecular weight is 312 g/mol. The number of hydrogen-bond donors (Lipinski definition) is 1. The summed E-state index contributed by atoms with van der Waals surface area (Å²) < 4.78 is 10.9. The molecule has 3 rings (SSSR count). The molecule has 120 valence electrons. The molecule has 1 N–H and O–H groups in total. The van der Waals surface area contributed by atoms with Crippen LogP contribution < -0.4 is 14.8 Å². The van der Waals surface area contributed by atoms with Crippen molar-refractivity contribution in [3.05, 3.63) is 53.2 Å². The fourth-order valence-electron chi connectivity index (χ4n) is 2.68. The van der Waals surface area contributed by atoms with Crippen molar-refractivity contribution in [1.29, 1.82) is 0 Å². The Morgan fingerprint density at radius 1 is 1.30 bits per heavy atom. The topological polar surface area (TPSA) is 60.5 Å². The van der Waals surface area contributed by atoms with Crippen molar-refractivity contribution in [2.75, 3.05) is 7.11 Å². The van der Waals surface area contributed by atoms with Gasteiger partial charge in [-0.1, -0.05) is 25.1 Å². The van der Waals surface area contributed by atoms with Gasteiger partial charge < -0.3 is 14.8 Å². The number of hydrogen-bond acceptors (Lipinski definition) is 4. The highest BCUT2D eigenvalue weighted by molar-refractivity contribution is 5.97. The summed E-state index contributed by atoms with van der Waals surface area (Å²) in [7, 11) is 1.57. The Labute approximate surface area is 135 Å². The number of fused-ring (bicyclic) bond motifs is 1. The van der Waals surface area contributed by atoms with E-state index in [9.17, 15) is 4.79 Å². The molecule has 1 aromatic carbocycles. The maximum Gasteiger partial charge on any atom is 0.255 e. The monoisotopic (exact) mass is 312 g/mol. The molecule has 2 atom stereocenters. The van der Waals surface area contributed by atoms with E-state index in [1.807, 2.05) is 25.1 Å². The van der Waals surface area contributed by atoms with E-state index in [0.717, 1.165) is 11.1 Å². The number of amides is 1. The number of pyridine rings is 1. The molecule has 1 aliphatic heterocycles. The molecule has 2 heterocycles. The molecule has 1 aromatic heterocycles. The molecule has 5 nitrogen and oxygen atoms in total. The van der Waals surface area contributed by atoms with Crippen LogP contribution in [-0.2, 0) is 6.54 Å². The highest BCUT2D eigenvalue weighted by Gasteiger charge is 2.30. The summed E-state index contributed by atoms with van der Waals surface area (Å²) >= 11 is 0. The lowest BCUT2D eigenvalue weighted by molar-refractivity contribution is 0.0946. The van der Waals surface area contributed by atoms with E-state index in [-0.39, 0.29) is 12.0 Å². The van der Waals surface area contributed by atoms with Crippen LogP contribution in [0.25, 0.3) is 0 Å². The van der Waals surface area contributed by atoms with Crippen molar-refractivity contribution in [2.24, 2.45) is 0 Å². The first kappa shape index (κ1) is 15.3. The number of para-hydroxylation sites is 1. The number of methoxy groups -OCH3 is 1. The van der Waals surface area contributed by atoms with Crippen molar-refractivity contribution in [3.8, 4) is 11.6 Å². The van der Waals surface area contributed by atoms with Crippen LogP contribution in [0.15, 0.2) is 36.5 Å². The fourth-order valence-corrected chi connectivity index (χ4v) is 2.68. The second-order valence-corrected chi connectivity index (χ2v) is 5.73. The Bertz CT molecular complexity index is 713. The van der Waals surface area contributed by atoms with E-state index >= 15 is 0 Å². The van der Waals surface area contributed by atoms with Crippen molar-refractivity contribution >= 4 is 5.91 Å². The third kappa shape index (κ3) is 2.99. The Kier molecular flexibility index (Phi) is 4.19. The number of aromatic nitrogens is 1. The number of carbonyl (C=O) groups excluding carboxylic acids is 1. The highest BCUT2D eigenvalue weighted by Crippen LogP contribution is 2.40. The Balaban J connectivity index is 1.72. The minimum atomic E-state index is -0.140. The van der Waals surface area contributed by atoms with E-state index in [1.54, 1.807) is 25.4 Å². The first-order valence-corrected chi connectivity index (χ1v) is 7.67. The van der Waals surface area contributed by atoms with Gasteiger partial charge in [-0.05, 0) is 18.6 Å². The van der Waals surface area contributed by atoms with E-state index < -0.39 is 0 Å². The molecule has 2 unspecified atom stereocenters. The minimum Gasteiger partial charge on any atom is -0.489 e. The first-order valence-electron chi connectivity index (χ1n) is 7.67. The van der Waals surface area contributed by atoms with Gasteiger partial charge in [0.05, 0.1) is 12.7 Å². The molecule has 0 saturated heterocycles. The number of benzene rings is 1. The van der Waals surface area contributed by atoms with E-state index in [0.29, 0.717) is 29.7 Å². The van der Waals surface area contributed by atoms with Crippen LogP contribution in [0.2, 0.25) is 0 Å². The van der Waals surface area contributed by atoms with Crippen LogP contribution >= 0.6 is 0 Å². The lowest BCUT2D eigenvalue weighted by atomic mass is 9.97. The Morgan fingerprint density at radius 2 is 2.13 bits per heavy atom. The lowest BCUT2D eigenvalue weighted by Crippen LogP contribution is -2.23. The molecule has 1 aliphatic rings. The standard InChI is InChI=1S/C18H20N2O3/c1-11-12(2)23-17-14(11)5-4-6-15(17)18(21)20-10-13-7-8-16(22-3)19-9-13/h4-9,11-12H,10H2,1-3H3,(H,20,21). The largest absolute Gasteiger partial charge is 0.489 e. The molecule has 0 fully saturated rings. The summed E-state index contributed by atoms with van der Waals surface area (Å²) in [5.41, 5.74) is 2.59. The number of carbonyl (C=O) groups is 1. The summed E-state index contributed by atoms with van der Waals surface area (Å²) in [6, 6.07) is 9.37. The van der Waals surface area contributed by atoms with Gasteiger partial charge in [0.15, 0.2) is 0 Å². The molecular formula is C18H20N2O3. The normalized spacial score (nSPS) is 18.9.